The molecule has 1 aliphatic carbocycles. The van der Waals surface area contributed by atoms with E-state index in [1.807, 2.05) is 4.90 Å². The van der Waals surface area contributed by atoms with Crippen LogP contribution in [0.15, 0.2) is 23.1 Å². The van der Waals surface area contributed by atoms with Gasteiger partial charge in [-0.1, -0.05) is 0 Å². The van der Waals surface area contributed by atoms with Crippen molar-refractivity contribution in [2.24, 2.45) is 7.05 Å². The molecule has 2 aliphatic rings. The third-order valence-corrected chi connectivity index (χ3v) is 7.41. The van der Waals surface area contributed by atoms with Crippen molar-refractivity contribution in [1.82, 2.24) is 30.3 Å². The van der Waals surface area contributed by atoms with Gasteiger partial charge in [0.25, 0.3) is 5.56 Å². The summed E-state index contributed by atoms with van der Waals surface area (Å²) < 4.78 is 47.5. The van der Waals surface area contributed by atoms with Crippen molar-refractivity contribution in [3.05, 3.63) is 45.8 Å². The zero-order chi connectivity index (χ0) is 32.0. The summed E-state index contributed by atoms with van der Waals surface area (Å²) in [7, 11) is 1.57. The van der Waals surface area contributed by atoms with Crippen LogP contribution in [0.2, 0.25) is 0 Å². The van der Waals surface area contributed by atoms with Crippen molar-refractivity contribution in [2.45, 2.75) is 38.3 Å². The highest BCUT2D eigenvalue weighted by molar-refractivity contribution is 5.97. The number of nitrogens with one attached hydrogen (secondary N) is 3. The van der Waals surface area contributed by atoms with Gasteiger partial charge in [0.05, 0.1) is 52.6 Å². The Balaban J connectivity index is 1.62. The number of nitrogens with zero attached hydrogens (tertiary/aromatic N) is 6. The van der Waals surface area contributed by atoms with Crippen molar-refractivity contribution < 1.29 is 23.1 Å². The first-order valence-corrected chi connectivity index (χ1v) is 13.3. The normalized spacial score (nSPS) is 16.0. The van der Waals surface area contributed by atoms with E-state index in [4.69, 9.17) is 14.0 Å². The van der Waals surface area contributed by atoms with Gasteiger partial charge in [-0.3, -0.25) is 9.48 Å². The number of fused-ring (bicyclic) bond motifs is 1. The topological polar surface area (TPSA) is 174 Å². The lowest BCUT2D eigenvalue weighted by Gasteiger charge is -2.23. The Morgan fingerprint density at radius 2 is 2.14 bits per heavy atom. The summed E-state index contributed by atoms with van der Waals surface area (Å²) in [6.07, 6.45) is 3.38. The molecule has 0 atom stereocenters. The summed E-state index contributed by atoms with van der Waals surface area (Å²) in [5.74, 6) is -0.728. The van der Waals surface area contributed by atoms with Crippen LogP contribution in [0.25, 0.3) is 33.3 Å². The van der Waals surface area contributed by atoms with Crippen LogP contribution >= 0.6 is 0 Å². The van der Waals surface area contributed by atoms with Crippen LogP contribution < -0.4 is 25.8 Å². The number of hydrogen-bond acceptors (Lipinski definition) is 9. The van der Waals surface area contributed by atoms with E-state index in [2.05, 4.69) is 37.0 Å². The van der Waals surface area contributed by atoms with E-state index in [1.54, 1.807) is 13.1 Å². The first kappa shape index (κ1) is 23.5. The minimum absolute atomic E-state index is 0.0294. The number of aromatic amines is 1. The minimum atomic E-state index is -2.77. The highest BCUT2D eigenvalue weighted by Gasteiger charge is 2.32. The Hall–Kier alpha value is -5.19. The molecule has 14 heteroatoms. The molecule has 0 bridgehead atoms. The van der Waals surface area contributed by atoms with Gasteiger partial charge in [-0.25, -0.2) is 19.3 Å². The summed E-state index contributed by atoms with van der Waals surface area (Å²) in [6, 6.07) is 5.12. The van der Waals surface area contributed by atoms with Crippen molar-refractivity contribution in [3.8, 4) is 34.3 Å². The molecule has 0 radical (unpaired) electrons. The SMILES string of the molecule is [2H]C([2H])([2H])Nc1nc(-c2cnn(C)c2-c2c(F)c(N3CCCC3)cc(OC3CC3)c2C#N)cc2c(CNC(=O)O)n[nH]c(=O)c12. The summed E-state index contributed by atoms with van der Waals surface area (Å²) in [4.78, 5) is 30.5. The number of aromatic nitrogens is 5. The monoisotopic (exact) mass is 576 g/mol. The number of hydrogen-bond donors (Lipinski definition) is 4. The smallest absolute Gasteiger partial charge is 0.404 e. The number of nitriles is 1. The molecule has 0 unspecified atom stereocenters. The number of halogens is 1. The average molecular weight is 577 g/mol. The Morgan fingerprint density at radius 1 is 1.36 bits per heavy atom. The van der Waals surface area contributed by atoms with Crippen LogP contribution in [-0.2, 0) is 13.6 Å². The lowest BCUT2D eigenvalue weighted by Crippen LogP contribution is -2.23. The first-order valence-electron chi connectivity index (χ1n) is 14.8. The maximum Gasteiger partial charge on any atom is 0.404 e. The summed E-state index contributed by atoms with van der Waals surface area (Å²) in [6.45, 7) is -1.83. The second kappa shape index (κ2) is 10.7. The number of benzene rings is 1. The van der Waals surface area contributed by atoms with Crippen molar-refractivity contribution >= 4 is 28.4 Å². The molecule has 216 valence electrons. The molecule has 1 saturated carbocycles. The molecule has 4 N–H and O–H groups in total. The molecule has 4 heterocycles. The standard InChI is InChI=1S/C28H28FN9O4/c1-31-26-23-15(19(13-32-28(40)41)35-36-27(23)39)9-18(34-26)17-12-33-37(2)25(17)22-16(11-30)21(42-14-5-6-14)10-20(24(22)29)38-7-3-4-8-38/h9-10,12,14,32H,3-8,13H2,1-2H3,(H,31,34)(H,36,39)(H,40,41)/i1D3. The van der Waals surface area contributed by atoms with Crippen LogP contribution in [0, 0.1) is 17.1 Å². The van der Waals surface area contributed by atoms with Gasteiger partial charge in [-0.2, -0.15) is 15.5 Å². The van der Waals surface area contributed by atoms with Crippen molar-refractivity contribution in [3.63, 3.8) is 0 Å². The predicted octanol–water partition coefficient (Wildman–Crippen LogP) is 3.35. The number of H-pyrrole nitrogens is 1. The second-order valence-electron chi connectivity index (χ2n) is 10.2. The summed E-state index contributed by atoms with van der Waals surface area (Å²) in [5.41, 5.74) is -0.0276. The molecule has 3 aromatic heterocycles. The van der Waals surface area contributed by atoms with Crippen LogP contribution in [0.3, 0.4) is 0 Å². The Labute approximate surface area is 243 Å². The minimum Gasteiger partial charge on any atom is -0.489 e. The third kappa shape index (κ3) is 4.72. The molecule has 42 heavy (non-hydrogen) atoms. The number of carbonyl (C=O) groups is 1. The van der Waals surface area contributed by atoms with Crippen LogP contribution in [0.5, 0.6) is 5.75 Å². The zero-order valence-electron chi connectivity index (χ0n) is 25.5. The van der Waals surface area contributed by atoms with E-state index < -0.39 is 24.4 Å². The van der Waals surface area contributed by atoms with Crippen molar-refractivity contribution in [2.75, 3.05) is 30.3 Å². The maximum atomic E-state index is 16.7. The van der Waals surface area contributed by atoms with Gasteiger partial charge in [0.15, 0.2) is 5.82 Å². The Bertz CT molecular complexity index is 1930. The van der Waals surface area contributed by atoms with Gasteiger partial charge in [0, 0.05) is 48.2 Å². The lowest BCUT2D eigenvalue weighted by molar-refractivity contribution is 0.194. The van der Waals surface area contributed by atoms with E-state index >= 15 is 4.39 Å². The molecular weight excluding hydrogens is 545 g/mol. The summed E-state index contributed by atoms with van der Waals surface area (Å²) in [5, 5.41) is 34.4. The number of aryl methyl sites for hydroxylation is 1. The van der Waals surface area contributed by atoms with Crippen LogP contribution in [0.4, 0.5) is 20.7 Å². The van der Waals surface area contributed by atoms with E-state index in [1.165, 1.54) is 16.9 Å². The van der Waals surface area contributed by atoms with Crippen LogP contribution in [-0.4, -0.2) is 62.3 Å². The van der Waals surface area contributed by atoms with Gasteiger partial charge < -0.3 is 25.4 Å². The third-order valence-electron chi connectivity index (χ3n) is 7.41. The molecule has 1 amide bonds. The highest BCUT2D eigenvalue weighted by Crippen LogP contribution is 2.44. The number of amides is 1. The fourth-order valence-corrected chi connectivity index (χ4v) is 5.28. The fraction of sp³-hybridized carbons (Fsp3) is 0.357. The maximum absolute atomic E-state index is 16.7. The molecule has 6 rings (SSSR count). The van der Waals surface area contributed by atoms with Gasteiger partial charge >= 0.3 is 6.09 Å². The van der Waals surface area contributed by atoms with Gasteiger partial charge in [0.1, 0.15) is 23.2 Å². The molecule has 4 aromatic rings. The van der Waals surface area contributed by atoms with Gasteiger partial charge in [-0.15, -0.1) is 0 Å². The molecule has 2 fully saturated rings. The number of ether oxygens (including phenoxy) is 1. The number of pyridine rings is 1. The van der Waals surface area contributed by atoms with E-state index in [0.717, 1.165) is 25.7 Å². The number of carboxylic acid groups (broad SMARTS) is 1. The quantitative estimate of drug-likeness (QED) is 0.243. The fourth-order valence-electron chi connectivity index (χ4n) is 5.28. The Morgan fingerprint density at radius 3 is 2.83 bits per heavy atom. The highest BCUT2D eigenvalue weighted by atomic mass is 19.1. The average Bonchev–Trinajstić information content (AvgIpc) is 3.46. The number of rotatable bonds is 8. The van der Waals surface area contributed by atoms with E-state index in [-0.39, 0.29) is 68.8 Å². The summed E-state index contributed by atoms with van der Waals surface area (Å²) >= 11 is 0. The molecule has 0 spiro atoms. The predicted molar refractivity (Wildman–Crippen MR) is 152 cm³/mol. The van der Waals surface area contributed by atoms with Crippen LogP contribution in [0.1, 0.15) is 41.1 Å². The molecule has 13 nitrogen and oxygen atoms in total. The molecule has 1 aliphatic heterocycles. The molecule has 1 aromatic carbocycles. The zero-order valence-corrected chi connectivity index (χ0v) is 22.5. The molecule has 1 saturated heterocycles. The second-order valence-corrected chi connectivity index (χ2v) is 10.2. The first-order chi connectivity index (χ1) is 21.4. The molecular formula is C28H28FN9O4. The lowest BCUT2D eigenvalue weighted by atomic mass is 9.97. The van der Waals surface area contributed by atoms with Gasteiger partial charge in [-0.05, 0) is 31.7 Å². The van der Waals surface area contributed by atoms with Gasteiger partial charge in [0.2, 0.25) is 0 Å². The van der Waals surface area contributed by atoms with E-state index in [9.17, 15) is 14.9 Å². The largest absolute Gasteiger partial charge is 0.489 e. The number of anilines is 2. The Kier molecular flexibility index (Phi) is 5.96. The van der Waals surface area contributed by atoms with Crippen molar-refractivity contribution in [1.29, 1.82) is 5.26 Å². The van der Waals surface area contributed by atoms with E-state index in [0.29, 0.717) is 18.8 Å².